The number of para-hydroxylation sites is 2. The fourth-order valence-corrected chi connectivity index (χ4v) is 3.58. The lowest BCUT2D eigenvalue weighted by atomic mass is 10.1. The zero-order chi connectivity index (χ0) is 22.8. The highest BCUT2D eigenvalue weighted by Gasteiger charge is 2.16. The Morgan fingerprint density at radius 2 is 1.85 bits per heavy atom. The van der Waals surface area contributed by atoms with Gasteiger partial charge in [0.1, 0.15) is 11.3 Å². The van der Waals surface area contributed by atoms with Gasteiger partial charge < -0.3 is 4.42 Å². The van der Waals surface area contributed by atoms with E-state index in [1.165, 1.54) is 6.08 Å². The lowest BCUT2D eigenvalue weighted by Crippen LogP contribution is -2.04. The molecular formula is C26H20N4O3. The molecule has 0 aliphatic carbocycles. The maximum absolute atomic E-state index is 12.8. The van der Waals surface area contributed by atoms with Crippen LogP contribution in [0.25, 0.3) is 34.0 Å². The molecule has 162 valence electrons. The average molecular weight is 436 g/mol. The molecule has 2 aromatic carbocycles. The van der Waals surface area contributed by atoms with E-state index < -0.39 is 5.63 Å². The molecule has 0 spiro atoms. The molecule has 5 aromatic rings. The second-order valence-corrected chi connectivity index (χ2v) is 7.48. The monoisotopic (exact) mass is 436 g/mol. The summed E-state index contributed by atoms with van der Waals surface area (Å²) >= 11 is 0. The van der Waals surface area contributed by atoms with Gasteiger partial charge in [-0.2, -0.15) is 10.2 Å². The van der Waals surface area contributed by atoms with Gasteiger partial charge in [-0.3, -0.25) is 9.48 Å². The first-order chi connectivity index (χ1) is 16.1. The molecule has 7 heteroatoms. The van der Waals surface area contributed by atoms with Crippen molar-refractivity contribution in [1.82, 2.24) is 19.6 Å². The number of aromatic nitrogens is 4. The van der Waals surface area contributed by atoms with Crippen LogP contribution in [0.2, 0.25) is 0 Å². The number of benzene rings is 2. The van der Waals surface area contributed by atoms with Crippen molar-refractivity contribution in [3.05, 3.63) is 107 Å². The van der Waals surface area contributed by atoms with E-state index in [4.69, 9.17) is 4.42 Å². The summed E-state index contributed by atoms with van der Waals surface area (Å²) in [7, 11) is 0. The normalized spacial score (nSPS) is 11.4. The van der Waals surface area contributed by atoms with Crippen LogP contribution in [0.3, 0.4) is 0 Å². The Kier molecular flexibility index (Phi) is 5.28. The standard InChI is InChI=1S/C26H20N4O3/c1-2-29-16-20(15-27-29)23(31)13-12-19-17-30(21-9-4-3-5-10-21)28-25(19)22-14-18-8-6-7-11-24(18)33-26(22)32/h3-17H,2H2,1H3/b13-12+. The predicted molar refractivity (Wildman–Crippen MR) is 126 cm³/mol. The Balaban J connectivity index is 1.61. The maximum Gasteiger partial charge on any atom is 0.345 e. The lowest BCUT2D eigenvalue weighted by molar-refractivity contribution is 0.104. The molecule has 0 N–H and O–H groups in total. The Hall–Kier alpha value is -4.52. The Morgan fingerprint density at radius 1 is 1.06 bits per heavy atom. The van der Waals surface area contributed by atoms with Crippen molar-refractivity contribution in [1.29, 1.82) is 0 Å². The molecular weight excluding hydrogens is 416 g/mol. The van der Waals surface area contributed by atoms with Crippen LogP contribution in [0.4, 0.5) is 0 Å². The van der Waals surface area contributed by atoms with E-state index in [-0.39, 0.29) is 5.78 Å². The number of aryl methyl sites for hydroxylation is 1. The molecule has 3 heterocycles. The van der Waals surface area contributed by atoms with Crippen molar-refractivity contribution < 1.29 is 9.21 Å². The fraction of sp³-hybridized carbons (Fsp3) is 0.0769. The fourth-order valence-electron chi connectivity index (χ4n) is 3.58. The minimum atomic E-state index is -0.489. The van der Waals surface area contributed by atoms with E-state index in [0.717, 1.165) is 11.1 Å². The van der Waals surface area contributed by atoms with Crippen LogP contribution < -0.4 is 5.63 Å². The van der Waals surface area contributed by atoms with E-state index in [1.807, 2.05) is 55.5 Å². The molecule has 0 atom stereocenters. The molecule has 0 fully saturated rings. The number of carbonyl (C=O) groups excluding carboxylic acids is 1. The van der Waals surface area contributed by atoms with Crippen molar-refractivity contribution in [3.8, 4) is 16.9 Å². The molecule has 7 nitrogen and oxygen atoms in total. The van der Waals surface area contributed by atoms with Crippen LogP contribution in [0, 0.1) is 0 Å². The first-order valence-electron chi connectivity index (χ1n) is 10.6. The van der Waals surface area contributed by atoms with E-state index in [1.54, 1.807) is 46.2 Å². The summed E-state index contributed by atoms with van der Waals surface area (Å²) in [4.78, 5) is 25.5. The van der Waals surface area contributed by atoms with Crippen LogP contribution in [-0.4, -0.2) is 25.3 Å². The van der Waals surface area contributed by atoms with Crippen LogP contribution in [-0.2, 0) is 6.54 Å². The number of nitrogens with zero attached hydrogens (tertiary/aromatic N) is 4. The lowest BCUT2D eigenvalue weighted by Gasteiger charge is -2.01. The second kappa shape index (κ2) is 8.55. The molecule has 0 aliphatic heterocycles. The predicted octanol–water partition coefficient (Wildman–Crippen LogP) is 4.76. The molecule has 33 heavy (non-hydrogen) atoms. The number of ketones is 1. The number of fused-ring (bicyclic) bond motifs is 1. The van der Waals surface area contributed by atoms with Gasteiger partial charge in [-0.15, -0.1) is 0 Å². The minimum Gasteiger partial charge on any atom is -0.422 e. The first-order valence-corrected chi connectivity index (χ1v) is 10.6. The van der Waals surface area contributed by atoms with Gasteiger partial charge in [0.05, 0.1) is 23.0 Å². The van der Waals surface area contributed by atoms with E-state index in [9.17, 15) is 9.59 Å². The molecule has 3 aromatic heterocycles. The third-order valence-electron chi connectivity index (χ3n) is 5.32. The Labute approximate surface area is 189 Å². The highest BCUT2D eigenvalue weighted by atomic mass is 16.4. The molecule has 0 radical (unpaired) electrons. The van der Waals surface area contributed by atoms with Crippen molar-refractivity contribution in [2.24, 2.45) is 0 Å². The third kappa shape index (κ3) is 4.04. The van der Waals surface area contributed by atoms with Gasteiger partial charge in [0.25, 0.3) is 0 Å². The summed E-state index contributed by atoms with van der Waals surface area (Å²) in [5, 5.41) is 9.61. The van der Waals surface area contributed by atoms with Crippen molar-refractivity contribution in [3.63, 3.8) is 0 Å². The Morgan fingerprint density at radius 3 is 2.64 bits per heavy atom. The molecule has 0 saturated carbocycles. The van der Waals surface area contributed by atoms with Gasteiger partial charge in [0, 0.05) is 29.9 Å². The van der Waals surface area contributed by atoms with Crippen LogP contribution in [0.15, 0.2) is 94.5 Å². The van der Waals surface area contributed by atoms with Crippen LogP contribution >= 0.6 is 0 Å². The van der Waals surface area contributed by atoms with E-state index >= 15 is 0 Å². The summed E-state index contributed by atoms with van der Waals surface area (Å²) in [6.07, 6.45) is 8.18. The van der Waals surface area contributed by atoms with E-state index in [0.29, 0.717) is 34.5 Å². The topological polar surface area (TPSA) is 82.9 Å². The number of carbonyl (C=O) groups is 1. The second-order valence-electron chi connectivity index (χ2n) is 7.48. The van der Waals surface area contributed by atoms with Crippen molar-refractivity contribution >= 4 is 22.8 Å². The van der Waals surface area contributed by atoms with Crippen LogP contribution in [0.1, 0.15) is 22.8 Å². The number of allylic oxidation sites excluding steroid dienone is 1. The largest absolute Gasteiger partial charge is 0.422 e. The molecule has 5 rings (SSSR count). The summed E-state index contributed by atoms with van der Waals surface area (Å²) in [5.74, 6) is -0.182. The van der Waals surface area contributed by atoms with Gasteiger partial charge >= 0.3 is 5.63 Å². The highest BCUT2D eigenvalue weighted by Crippen LogP contribution is 2.25. The highest BCUT2D eigenvalue weighted by molar-refractivity contribution is 6.06. The Bertz CT molecular complexity index is 1540. The molecule has 0 amide bonds. The average Bonchev–Trinajstić information content (AvgIpc) is 3.50. The van der Waals surface area contributed by atoms with Gasteiger partial charge in [0.15, 0.2) is 5.78 Å². The van der Waals surface area contributed by atoms with Crippen LogP contribution in [0.5, 0.6) is 0 Å². The zero-order valence-electron chi connectivity index (χ0n) is 17.9. The SMILES string of the molecule is CCn1cc(C(=O)/C=C/c2cn(-c3ccccc3)nc2-c2cc3ccccc3oc2=O)cn1. The third-order valence-corrected chi connectivity index (χ3v) is 5.32. The van der Waals surface area contributed by atoms with Crippen molar-refractivity contribution in [2.75, 3.05) is 0 Å². The minimum absolute atomic E-state index is 0.182. The smallest absolute Gasteiger partial charge is 0.345 e. The summed E-state index contributed by atoms with van der Waals surface area (Å²) in [6, 6.07) is 18.6. The first kappa shape index (κ1) is 20.4. The summed E-state index contributed by atoms with van der Waals surface area (Å²) in [6.45, 7) is 2.64. The molecule has 0 saturated heterocycles. The van der Waals surface area contributed by atoms with E-state index in [2.05, 4.69) is 10.2 Å². The van der Waals surface area contributed by atoms with Gasteiger partial charge in [-0.1, -0.05) is 36.4 Å². The molecule has 0 bridgehead atoms. The summed E-state index contributed by atoms with van der Waals surface area (Å²) < 4.78 is 8.90. The molecule has 0 unspecified atom stereocenters. The van der Waals surface area contributed by atoms with Gasteiger partial charge in [-0.05, 0) is 43.3 Å². The van der Waals surface area contributed by atoms with Gasteiger partial charge in [-0.25, -0.2) is 9.48 Å². The number of hydrogen-bond donors (Lipinski definition) is 0. The summed E-state index contributed by atoms with van der Waals surface area (Å²) in [5.41, 5.74) is 2.74. The van der Waals surface area contributed by atoms with Crippen molar-refractivity contribution in [2.45, 2.75) is 13.5 Å². The van der Waals surface area contributed by atoms with Gasteiger partial charge in [0.2, 0.25) is 0 Å². The molecule has 0 aliphatic rings. The zero-order valence-corrected chi connectivity index (χ0v) is 17.9. The number of rotatable bonds is 6. The maximum atomic E-state index is 12.8. The quantitative estimate of drug-likeness (QED) is 0.218. The number of hydrogen-bond acceptors (Lipinski definition) is 5.